The summed E-state index contributed by atoms with van der Waals surface area (Å²) in [6.45, 7) is 11.7. The number of H-pyrrole nitrogens is 1. The Hall–Kier alpha value is -1.85. The minimum absolute atomic E-state index is 0.165. The summed E-state index contributed by atoms with van der Waals surface area (Å²) in [4.78, 5) is 21.5. The molecule has 1 N–H and O–H groups in total. The number of nitrogens with zero attached hydrogens (tertiary/aromatic N) is 2. The number of rotatable bonds is 3. The van der Waals surface area contributed by atoms with Gasteiger partial charge in [0.05, 0.1) is 13.2 Å². The van der Waals surface area contributed by atoms with Crippen LogP contribution in [0.2, 0.25) is 0 Å². The number of likely N-dealkylation sites (tertiary alicyclic amines) is 1. The van der Waals surface area contributed by atoms with Gasteiger partial charge in [0.1, 0.15) is 5.69 Å². The first-order valence-electron chi connectivity index (χ1n) is 10.2. The molecular weight excluding hydrogens is 338 g/mol. The number of benzene rings is 1. The summed E-state index contributed by atoms with van der Waals surface area (Å²) in [5.41, 5.74) is 5.40. The fourth-order valence-corrected chi connectivity index (χ4v) is 4.68. The molecular formula is C22H31N3O2. The van der Waals surface area contributed by atoms with Crippen LogP contribution < -0.4 is 0 Å². The Bertz CT molecular complexity index is 836. The summed E-state index contributed by atoms with van der Waals surface area (Å²) < 4.78 is 5.48. The van der Waals surface area contributed by atoms with Gasteiger partial charge in [-0.3, -0.25) is 9.69 Å². The number of fused-ring (bicyclic) bond motifs is 1. The van der Waals surface area contributed by atoms with E-state index in [-0.39, 0.29) is 5.91 Å². The van der Waals surface area contributed by atoms with E-state index in [1.165, 1.54) is 22.9 Å². The monoisotopic (exact) mass is 369 g/mol. The Morgan fingerprint density at radius 1 is 1.15 bits per heavy atom. The Labute approximate surface area is 161 Å². The van der Waals surface area contributed by atoms with E-state index in [9.17, 15) is 4.79 Å². The molecule has 0 radical (unpaired) electrons. The van der Waals surface area contributed by atoms with Crippen molar-refractivity contribution in [3.05, 3.63) is 34.5 Å². The summed E-state index contributed by atoms with van der Waals surface area (Å²) >= 11 is 0. The Morgan fingerprint density at radius 2 is 1.93 bits per heavy atom. The number of aryl methyl sites for hydroxylation is 3. The van der Waals surface area contributed by atoms with E-state index in [0.29, 0.717) is 6.04 Å². The fraction of sp³-hybridized carbons (Fsp3) is 0.591. The lowest BCUT2D eigenvalue weighted by Crippen LogP contribution is -2.51. The van der Waals surface area contributed by atoms with Crippen molar-refractivity contribution in [3.63, 3.8) is 0 Å². The van der Waals surface area contributed by atoms with Crippen LogP contribution in [0.15, 0.2) is 12.1 Å². The zero-order valence-electron chi connectivity index (χ0n) is 16.8. The van der Waals surface area contributed by atoms with Gasteiger partial charge < -0.3 is 14.6 Å². The molecule has 1 aromatic carbocycles. The molecule has 1 amide bonds. The van der Waals surface area contributed by atoms with Gasteiger partial charge in [0, 0.05) is 43.1 Å². The van der Waals surface area contributed by atoms with Crippen molar-refractivity contribution in [1.29, 1.82) is 0 Å². The molecule has 2 aliphatic heterocycles. The largest absolute Gasteiger partial charge is 0.379 e. The second kappa shape index (κ2) is 7.64. The van der Waals surface area contributed by atoms with E-state index >= 15 is 0 Å². The molecule has 0 bridgehead atoms. The number of morpholine rings is 1. The molecule has 2 aromatic rings. The molecule has 146 valence electrons. The van der Waals surface area contributed by atoms with Crippen molar-refractivity contribution in [1.82, 2.24) is 14.8 Å². The molecule has 27 heavy (non-hydrogen) atoms. The lowest BCUT2D eigenvalue weighted by molar-refractivity contribution is 0.0164. The van der Waals surface area contributed by atoms with Crippen molar-refractivity contribution in [2.45, 2.75) is 46.1 Å². The maximum absolute atomic E-state index is 13.5. The van der Waals surface area contributed by atoms with E-state index < -0.39 is 0 Å². The average molecular weight is 370 g/mol. The molecule has 1 atom stereocenters. The molecule has 5 heteroatoms. The van der Waals surface area contributed by atoms with Crippen molar-refractivity contribution in [3.8, 4) is 0 Å². The van der Waals surface area contributed by atoms with Gasteiger partial charge in [0.15, 0.2) is 0 Å². The Kier molecular flexibility index (Phi) is 5.24. The molecule has 3 heterocycles. The zero-order chi connectivity index (χ0) is 19.0. The Morgan fingerprint density at radius 3 is 2.70 bits per heavy atom. The molecule has 2 saturated heterocycles. The fourth-order valence-electron chi connectivity index (χ4n) is 4.68. The number of nitrogens with one attached hydrogen (secondary N) is 1. The van der Waals surface area contributed by atoms with Crippen LogP contribution >= 0.6 is 0 Å². The number of carbonyl (C=O) groups is 1. The lowest BCUT2D eigenvalue weighted by Gasteiger charge is -2.39. The second-order valence-electron chi connectivity index (χ2n) is 8.19. The summed E-state index contributed by atoms with van der Waals surface area (Å²) in [7, 11) is 0. The van der Waals surface area contributed by atoms with Crippen molar-refractivity contribution < 1.29 is 9.53 Å². The maximum Gasteiger partial charge on any atom is 0.270 e. The van der Waals surface area contributed by atoms with Crippen LogP contribution in [-0.2, 0) is 4.74 Å². The van der Waals surface area contributed by atoms with Crippen LogP contribution in [0.25, 0.3) is 10.9 Å². The van der Waals surface area contributed by atoms with Crippen molar-refractivity contribution in [2.24, 2.45) is 0 Å². The minimum atomic E-state index is 0.165. The summed E-state index contributed by atoms with van der Waals surface area (Å²) in [5.74, 6) is 0.165. The molecule has 0 saturated carbocycles. The number of carbonyl (C=O) groups excluding carboxylic acids is 1. The molecule has 5 nitrogen and oxygen atoms in total. The number of hydrogen-bond donors (Lipinski definition) is 1. The predicted molar refractivity (Wildman–Crippen MR) is 108 cm³/mol. The second-order valence-corrected chi connectivity index (χ2v) is 8.19. The standard InChI is InChI=1S/C22H31N3O2/c1-15-12-16(2)20-19(13-15)17(3)21(23-20)22(26)25-7-5-4-6-18(25)14-24-8-10-27-11-9-24/h12-13,18,23H,4-11,14H2,1-3H3/t18-/m1/s1. The Balaban J connectivity index is 1.61. The highest BCUT2D eigenvalue weighted by Crippen LogP contribution is 2.28. The van der Waals surface area contributed by atoms with Gasteiger partial charge >= 0.3 is 0 Å². The number of aromatic amines is 1. The first-order chi connectivity index (χ1) is 13.0. The lowest BCUT2D eigenvalue weighted by atomic mass is 10.00. The smallest absolute Gasteiger partial charge is 0.270 e. The highest BCUT2D eigenvalue weighted by atomic mass is 16.5. The number of ether oxygens (including phenoxy) is 1. The third-order valence-electron chi connectivity index (χ3n) is 6.18. The summed E-state index contributed by atoms with van der Waals surface area (Å²) in [5, 5.41) is 1.18. The normalized spacial score (nSPS) is 21.7. The van der Waals surface area contributed by atoms with E-state index in [2.05, 4.69) is 47.7 Å². The molecule has 2 aliphatic rings. The van der Waals surface area contributed by atoms with Crippen LogP contribution in [0, 0.1) is 20.8 Å². The van der Waals surface area contributed by atoms with Gasteiger partial charge in [-0.1, -0.05) is 11.6 Å². The zero-order valence-corrected chi connectivity index (χ0v) is 16.8. The van der Waals surface area contributed by atoms with Crippen molar-refractivity contribution >= 4 is 16.8 Å². The quantitative estimate of drug-likeness (QED) is 0.902. The van der Waals surface area contributed by atoms with Gasteiger partial charge in [-0.15, -0.1) is 0 Å². The number of aromatic nitrogens is 1. The van der Waals surface area contributed by atoms with E-state index in [0.717, 1.165) is 69.0 Å². The SMILES string of the molecule is Cc1cc(C)c2[nH]c(C(=O)N3CCCC[C@@H]3CN3CCOCC3)c(C)c2c1. The third-order valence-corrected chi connectivity index (χ3v) is 6.18. The first kappa shape index (κ1) is 18.5. The van der Waals surface area contributed by atoms with E-state index in [1.54, 1.807) is 0 Å². The first-order valence-corrected chi connectivity index (χ1v) is 10.2. The topological polar surface area (TPSA) is 48.6 Å². The molecule has 2 fully saturated rings. The third kappa shape index (κ3) is 3.63. The minimum Gasteiger partial charge on any atom is -0.379 e. The summed E-state index contributed by atoms with van der Waals surface area (Å²) in [6, 6.07) is 4.67. The van der Waals surface area contributed by atoms with Gasteiger partial charge in [-0.2, -0.15) is 0 Å². The van der Waals surface area contributed by atoms with E-state index in [4.69, 9.17) is 4.74 Å². The van der Waals surface area contributed by atoms with Gasteiger partial charge in [-0.05, 0) is 57.2 Å². The molecule has 0 unspecified atom stereocenters. The number of piperidine rings is 1. The van der Waals surface area contributed by atoms with Gasteiger partial charge in [-0.25, -0.2) is 0 Å². The van der Waals surface area contributed by atoms with Crippen LogP contribution in [-0.4, -0.2) is 66.1 Å². The van der Waals surface area contributed by atoms with Crippen LogP contribution in [0.1, 0.15) is 46.4 Å². The summed E-state index contributed by atoms with van der Waals surface area (Å²) in [6.07, 6.45) is 3.41. The van der Waals surface area contributed by atoms with Crippen molar-refractivity contribution in [2.75, 3.05) is 39.4 Å². The molecule has 0 spiro atoms. The van der Waals surface area contributed by atoms with E-state index in [1.807, 2.05) is 0 Å². The average Bonchev–Trinajstić information content (AvgIpc) is 3.00. The number of hydrogen-bond acceptors (Lipinski definition) is 3. The number of amides is 1. The molecule has 0 aliphatic carbocycles. The van der Waals surface area contributed by atoms with Gasteiger partial charge in [0.2, 0.25) is 0 Å². The molecule has 1 aromatic heterocycles. The van der Waals surface area contributed by atoms with Crippen LogP contribution in [0.5, 0.6) is 0 Å². The predicted octanol–water partition coefficient (Wildman–Crippen LogP) is 3.42. The van der Waals surface area contributed by atoms with Crippen LogP contribution in [0.4, 0.5) is 0 Å². The molecule has 4 rings (SSSR count). The highest BCUT2D eigenvalue weighted by Gasteiger charge is 2.31. The maximum atomic E-state index is 13.5. The van der Waals surface area contributed by atoms with Crippen LogP contribution in [0.3, 0.4) is 0 Å². The highest BCUT2D eigenvalue weighted by molar-refractivity contribution is 6.02. The van der Waals surface area contributed by atoms with Gasteiger partial charge in [0.25, 0.3) is 5.91 Å².